The van der Waals surface area contributed by atoms with Crippen molar-refractivity contribution in [2.75, 3.05) is 31.1 Å². The van der Waals surface area contributed by atoms with Gasteiger partial charge in [-0.2, -0.15) is 5.10 Å². The average Bonchev–Trinajstić information content (AvgIpc) is 3.38. The van der Waals surface area contributed by atoms with E-state index in [0.29, 0.717) is 18.8 Å². The first kappa shape index (κ1) is 19.1. The maximum atomic E-state index is 13.3. The molecule has 2 aliphatic rings. The first-order valence-corrected chi connectivity index (χ1v) is 10.6. The Balaban J connectivity index is 1.37. The predicted molar refractivity (Wildman–Crippen MR) is 115 cm³/mol. The lowest BCUT2D eigenvalue weighted by Gasteiger charge is -2.36. The summed E-state index contributed by atoms with van der Waals surface area (Å²) in [4.78, 5) is 17.4. The Morgan fingerprint density at radius 2 is 1.70 bits per heavy atom. The number of amides is 1. The highest BCUT2D eigenvalue weighted by atomic mass is 35.5. The summed E-state index contributed by atoms with van der Waals surface area (Å²) in [6.07, 6.45) is 2.75. The van der Waals surface area contributed by atoms with Crippen LogP contribution in [0.2, 0.25) is 5.02 Å². The molecule has 7 heteroatoms. The van der Waals surface area contributed by atoms with Crippen LogP contribution in [0.25, 0.3) is 5.69 Å². The van der Waals surface area contributed by atoms with Crippen molar-refractivity contribution in [3.63, 3.8) is 0 Å². The molecule has 5 nitrogen and oxygen atoms in total. The van der Waals surface area contributed by atoms with Crippen LogP contribution in [0.3, 0.4) is 0 Å². The first-order valence-electron chi connectivity index (χ1n) is 10.3. The number of nitrogens with zero attached hydrogens (tertiary/aromatic N) is 4. The van der Waals surface area contributed by atoms with Crippen LogP contribution in [0.1, 0.15) is 28.2 Å². The second kappa shape index (κ2) is 7.76. The molecule has 0 bridgehead atoms. The zero-order valence-corrected chi connectivity index (χ0v) is 17.3. The lowest BCUT2D eigenvalue weighted by molar-refractivity contribution is 0.0739. The van der Waals surface area contributed by atoms with Crippen LogP contribution in [-0.2, 0) is 12.8 Å². The molecule has 3 aromatic rings. The quantitative estimate of drug-likeness (QED) is 0.635. The van der Waals surface area contributed by atoms with E-state index in [-0.39, 0.29) is 11.7 Å². The van der Waals surface area contributed by atoms with Crippen molar-refractivity contribution < 1.29 is 9.18 Å². The molecule has 0 spiro atoms. The molecule has 0 N–H and O–H groups in total. The number of hydrogen-bond donors (Lipinski definition) is 0. The van der Waals surface area contributed by atoms with E-state index in [1.165, 1.54) is 12.1 Å². The third-order valence-electron chi connectivity index (χ3n) is 5.96. The highest BCUT2D eigenvalue weighted by Gasteiger charge is 2.31. The Morgan fingerprint density at radius 1 is 0.967 bits per heavy atom. The normalized spacial score (nSPS) is 16.1. The lowest BCUT2D eigenvalue weighted by atomic mass is 10.1. The molecule has 1 aromatic heterocycles. The smallest absolute Gasteiger partial charge is 0.274 e. The van der Waals surface area contributed by atoms with Crippen molar-refractivity contribution >= 4 is 23.2 Å². The van der Waals surface area contributed by atoms with Gasteiger partial charge >= 0.3 is 0 Å². The van der Waals surface area contributed by atoms with Crippen molar-refractivity contribution in [1.82, 2.24) is 14.7 Å². The van der Waals surface area contributed by atoms with Gasteiger partial charge < -0.3 is 9.80 Å². The van der Waals surface area contributed by atoms with Crippen LogP contribution in [0.15, 0.2) is 48.5 Å². The lowest BCUT2D eigenvalue weighted by Crippen LogP contribution is -2.49. The van der Waals surface area contributed by atoms with Crippen LogP contribution in [0.5, 0.6) is 0 Å². The van der Waals surface area contributed by atoms with Gasteiger partial charge in [0, 0.05) is 37.4 Å². The summed E-state index contributed by atoms with van der Waals surface area (Å²) < 4.78 is 15.1. The number of fused-ring (bicyclic) bond motifs is 1. The van der Waals surface area contributed by atoms with E-state index in [0.717, 1.165) is 60.0 Å². The molecule has 1 aliphatic carbocycles. The van der Waals surface area contributed by atoms with Crippen LogP contribution >= 0.6 is 11.6 Å². The van der Waals surface area contributed by atoms with Gasteiger partial charge in [0.25, 0.3) is 5.91 Å². The van der Waals surface area contributed by atoms with Gasteiger partial charge in [-0.25, -0.2) is 9.07 Å². The van der Waals surface area contributed by atoms with E-state index < -0.39 is 0 Å². The Morgan fingerprint density at radius 3 is 2.43 bits per heavy atom. The van der Waals surface area contributed by atoms with Gasteiger partial charge in [-0.1, -0.05) is 23.7 Å². The summed E-state index contributed by atoms with van der Waals surface area (Å²) in [5.41, 5.74) is 4.44. The maximum Gasteiger partial charge on any atom is 0.274 e. The van der Waals surface area contributed by atoms with E-state index >= 15 is 0 Å². The number of rotatable bonds is 3. The third-order valence-corrected chi connectivity index (χ3v) is 6.28. The van der Waals surface area contributed by atoms with Gasteiger partial charge in [0.05, 0.1) is 16.4 Å². The monoisotopic (exact) mass is 424 g/mol. The highest BCUT2D eigenvalue weighted by Crippen LogP contribution is 2.30. The molecule has 1 amide bonds. The Kier molecular flexibility index (Phi) is 4.95. The Hall–Kier alpha value is -2.86. The molecule has 5 rings (SSSR count). The number of para-hydroxylation sites is 1. The zero-order valence-electron chi connectivity index (χ0n) is 16.5. The maximum absolute atomic E-state index is 13.3. The van der Waals surface area contributed by atoms with Crippen LogP contribution in [-0.4, -0.2) is 46.8 Å². The van der Waals surface area contributed by atoms with E-state index in [1.54, 1.807) is 12.1 Å². The van der Waals surface area contributed by atoms with Crippen LogP contribution < -0.4 is 4.90 Å². The molecule has 0 unspecified atom stereocenters. The number of carbonyl (C=O) groups is 1. The van der Waals surface area contributed by atoms with Gasteiger partial charge in [-0.15, -0.1) is 0 Å². The van der Waals surface area contributed by atoms with Gasteiger partial charge in [0.1, 0.15) is 5.82 Å². The number of benzene rings is 2. The highest BCUT2D eigenvalue weighted by molar-refractivity contribution is 6.33. The molecule has 154 valence electrons. The van der Waals surface area contributed by atoms with Crippen molar-refractivity contribution in [2.24, 2.45) is 0 Å². The van der Waals surface area contributed by atoms with E-state index in [4.69, 9.17) is 11.6 Å². The number of anilines is 1. The van der Waals surface area contributed by atoms with E-state index in [2.05, 4.69) is 10.00 Å². The summed E-state index contributed by atoms with van der Waals surface area (Å²) in [6.45, 7) is 2.72. The molecule has 1 fully saturated rings. The van der Waals surface area contributed by atoms with Crippen molar-refractivity contribution in [2.45, 2.75) is 19.3 Å². The number of hydrogen-bond acceptors (Lipinski definition) is 3. The minimum Gasteiger partial charge on any atom is -0.367 e. The SMILES string of the molecule is O=C(c1nn(-c2ccc(F)cc2)c2c1CCC2)N1CCN(c2ccccc2Cl)CC1. The molecule has 0 radical (unpaired) electrons. The van der Waals surface area contributed by atoms with Crippen molar-refractivity contribution in [3.8, 4) is 5.69 Å². The third kappa shape index (κ3) is 3.35. The summed E-state index contributed by atoms with van der Waals surface area (Å²) >= 11 is 6.33. The molecular formula is C23H22ClFN4O. The molecule has 2 aromatic carbocycles. The largest absolute Gasteiger partial charge is 0.367 e. The molecule has 2 heterocycles. The fourth-order valence-electron chi connectivity index (χ4n) is 4.41. The topological polar surface area (TPSA) is 41.4 Å². The molecule has 1 aliphatic heterocycles. The van der Waals surface area contributed by atoms with Crippen LogP contribution in [0, 0.1) is 5.82 Å². The van der Waals surface area contributed by atoms with Gasteiger partial charge in [-0.05, 0) is 55.7 Å². The second-order valence-electron chi connectivity index (χ2n) is 7.75. The second-order valence-corrected chi connectivity index (χ2v) is 8.15. The summed E-state index contributed by atoms with van der Waals surface area (Å²) in [5.74, 6) is -0.303. The molecule has 0 saturated carbocycles. The van der Waals surface area contributed by atoms with Gasteiger partial charge in [-0.3, -0.25) is 4.79 Å². The fraction of sp³-hybridized carbons (Fsp3) is 0.304. The first-order chi connectivity index (χ1) is 14.6. The van der Waals surface area contributed by atoms with Crippen molar-refractivity contribution in [1.29, 1.82) is 0 Å². The minimum absolute atomic E-state index is 0.0205. The molecular weight excluding hydrogens is 403 g/mol. The number of piperazine rings is 1. The molecule has 1 saturated heterocycles. The predicted octanol–water partition coefficient (Wildman–Crippen LogP) is 4.12. The average molecular weight is 425 g/mol. The summed E-state index contributed by atoms with van der Waals surface area (Å²) in [5, 5.41) is 5.40. The van der Waals surface area contributed by atoms with Crippen LogP contribution in [0.4, 0.5) is 10.1 Å². The van der Waals surface area contributed by atoms with Crippen molar-refractivity contribution in [3.05, 3.63) is 76.3 Å². The summed E-state index contributed by atoms with van der Waals surface area (Å²) in [7, 11) is 0. The van der Waals surface area contributed by atoms with Gasteiger partial charge in [0.15, 0.2) is 5.69 Å². The van der Waals surface area contributed by atoms with Gasteiger partial charge in [0.2, 0.25) is 0 Å². The number of carbonyl (C=O) groups excluding carboxylic acids is 1. The summed E-state index contributed by atoms with van der Waals surface area (Å²) in [6, 6.07) is 14.1. The minimum atomic E-state index is -0.282. The molecule has 30 heavy (non-hydrogen) atoms. The molecule has 0 atom stereocenters. The number of aromatic nitrogens is 2. The van der Waals surface area contributed by atoms with E-state index in [9.17, 15) is 9.18 Å². The standard InChI is InChI=1S/C23H22ClFN4O/c24-19-5-1-2-6-21(19)27-12-14-28(15-13-27)23(30)22-18-4-3-7-20(18)29(26-22)17-10-8-16(25)9-11-17/h1-2,5-6,8-11H,3-4,7,12-15H2. The number of halogens is 2. The zero-order chi connectivity index (χ0) is 20.7. The fourth-order valence-corrected chi connectivity index (χ4v) is 4.67. The van der Waals surface area contributed by atoms with E-state index in [1.807, 2.05) is 33.8 Å². The Bertz CT molecular complexity index is 1090. The Labute approximate surface area is 179 Å².